The van der Waals surface area contributed by atoms with Gasteiger partial charge in [0.2, 0.25) is 0 Å². The number of amides is 2. The highest BCUT2D eigenvalue weighted by Gasteiger charge is 2.25. The van der Waals surface area contributed by atoms with Gasteiger partial charge in [0.15, 0.2) is 0 Å². The molecule has 1 aliphatic carbocycles. The molecule has 2 N–H and O–H groups in total. The van der Waals surface area contributed by atoms with Crippen LogP contribution in [0.4, 0.5) is 0 Å². The predicted octanol–water partition coefficient (Wildman–Crippen LogP) is 6.72. The molecule has 0 bridgehead atoms. The molecule has 226 valence electrons. The first kappa shape index (κ1) is 30.5. The molecule has 4 aromatic rings. The molecule has 4 aromatic carbocycles. The molecule has 0 heterocycles. The summed E-state index contributed by atoms with van der Waals surface area (Å²) in [5, 5.41) is 12.7. The SMILES string of the molecule is CCOc1cccc(CCN(CCC(=O)O)C(=O)c2ccccc2-c2ccccc2C(=O)NC2CCCc3ccccc32)c1. The molecule has 2 amide bonds. The molecule has 0 saturated heterocycles. The first-order chi connectivity index (χ1) is 21.4. The summed E-state index contributed by atoms with van der Waals surface area (Å²) in [6.07, 6.45) is 3.24. The van der Waals surface area contributed by atoms with Crippen molar-refractivity contribution in [3.8, 4) is 16.9 Å². The number of aliphatic carboxylic acids is 1. The van der Waals surface area contributed by atoms with Crippen LogP contribution in [0.25, 0.3) is 11.1 Å². The molecule has 7 heteroatoms. The van der Waals surface area contributed by atoms with Crippen LogP contribution < -0.4 is 10.1 Å². The second-order valence-corrected chi connectivity index (χ2v) is 11.0. The minimum absolute atomic E-state index is 0.0663. The summed E-state index contributed by atoms with van der Waals surface area (Å²) < 4.78 is 5.62. The van der Waals surface area contributed by atoms with E-state index in [9.17, 15) is 19.5 Å². The van der Waals surface area contributed by atoms with Crippen molar-refractivity contribution in [1.82, 2.24) is 10.2 Å². The lowest BCUT2D eigenvalue weighted by molar-refractivity contribution is -0.137. The topological polar surface area (TPSA) is 95.9 Å². The number of hydrogen-bond donors (Lipinski definition) is 2. The fourth-order valence-electron chi connectivity index (χ4n) is 5.90. The molecule has 0 aliphatic heterocycles. The van der Waals surface area contributed by atoms with Gasteiger partial charge in [-0.3, -0.25) is 14.4 Å². The fraction of sp³-hybridized carbons (Fsp3) is 0.270. The summed E-state index contributed by atoms with van der Waals surface area (Å²) in [6.45, 7) is 2.88. The minimum Gasteiger partial charge on any atom is -0.494 e. The van der Waals surface area contributed by atoms with Crippen molar-refractivity contribution in [2.75, 3.05) is 19.7 Å². The minimum atomic E-state index is -0.972. The maximum absolute atomic E-state index is 14.1. The maximum atomic E-state index is 14.1. The molecule has 0 spiro atoms. The number of fused-ring (bicyclic) bond motifs is 1. The number of rotatable bonds is 12. The largest absolute Gasteiger partial charge is 0.494 e. The Morgan fingerprint density at radius 2 is 1.57 bits per heavy atom. The third-order valence-corrected chi connectivity index (χ3v) is 8.06. The molecule has 1 unspecified atom stereocenters. The Balaban J connectivity index is 1.41. The molecule has 7 nitrogen and oxygen atoms in total. The maximum Gasteiger partial charge on any atom is 0.305 e. The van der Waals surface area contributed by atoms with Gasteiger partial charge in [-0.1, -0.05) is 72.8 Å². The predicted molar refractivity (Wildman–Crippen MR) is 171 cm³/mol. The highest BCUT2D eigenvalue weighted by atomic mass is 16.5. The Bertz CT molecular complexity index is 1630. The number of carboxylic acids is 1. The van der Waals surface area contributed by atoms with E-state index in [1.165, 1.54) is 5.56 Å². The molecule has 5 rings (SSSR count). The van der Waals surface area contributed by atoms with Gasteiger partial charge >= 0.3 is 5.97 Å². The second-order valence-electron chi connectivity index (χ2n) is 11.0. The van der Waals surface area contributed by atoms with Crippen molar-refractivity contribution in [2.45, 2.75) is 45.1 Å². The number of ether oxygens (including phenoxy) is 1. The number of carbonyl (C=O) groups excluding carboxylic acids is 2. The average molecular weight is 591 g/mol. The van der Waals surface area contributed by atoms with Gasteiger partial charge in [0.05, 0.1) is 19.1 Å². The number of carboxylic acid groups (broad SMARTS) is 1. The zero-order chi connectivity index (χ0) is 30.9. The highest BCUT2D eigenvalue weighted by molar-refractivity contribution is 6.06. The first-order valence-corrected chi connectivity index (χ1v) is 15.2. The van der Waals surface area contributed by atoms with Crippen molar-refractivity contribution in [3.05, 3.63) is 125 Å². The Morgan fingerprint density at radius 1 is 0.864 bits per heavy atom. The van der Waals surface area contributed by atoms with E-state index in [1.54, 1.807) is 23.1 Å². The van der Waals surface area contributed by atoms with Crippen molar-refractivity contribution in [3.63, 3.8) is 0 Å². The van der Waals surface area contributed by atoms with Crippen LogP contribution >= 0.6 is 0 Å². The number of nitrogens with one attached hydrogen (secondary N) is 1. The zero-order valence-electron chi connectivity index (χ0n) is 25.0. The summed E-state index contributed by atoms with van der Waals surface area (Å²) in [4.78, 5) is 40.9. The molecule has 0 radical (unpaired) electrons. The molecule has 0 saturated carbocycles. The zero-order valence-corrected chi connectivity index (χ0v) is 25.0. The van der Waals surface area contributed by atoms with Crippen LogP contribution in [0.1, 0.15) is 69.6 Å². The van der Waals surface area contributed by atoms with E-state index in [-0.39, 0.29) is 30.8 Å². The Morgan fingerprint density at radius 3 is 2.34 bits per heavy atom. The third kappa shape index (κ3) is 7.35. The lowest BCUT2D eigenvalue weighted by atomic mass is 9.87. The van der Waals surface area contributed by atoms with Crippen molar-refractivity contribution >= 4 is 17.8 Å². The second kappa shape index (κ2) is 14.5. The van der Waals surface area contributed by atoms with Gasteiger partial charge in [0.1, 0.15) is 5.75 Å². The van der Waals surface area contributed by atoms with Crippen molar-refractivity contribution < 1.29 is 24.2 Å². The summed E-state index contributed by atoms with van der Waals surface area (Å²) in [5.74, 6) is -0.688. The van der Waals surface area contributed by atoms with E-state index in [0.29, 0.717) is 41.8 Å². The van der Waals surface area contributed by atoms with Gasteiger partial charge in [0.25, 0.3) is 11.8 Å². The van der Waals surface area contributed by atoms with Gasteiger partial charge in [-0.25, -0.2) is 0 Å². The van der Waals surface area contributed by atoms with E-state index in [1.807, 2.05) is 73.7 Å². The Kier molecular flexibility index (Phi) is 10.1. The van der Waals surface area contributed by atoms with Crippen LogP contribution in [0, 0.1) is 0 Å². The molecule has 1 aliphatic rings. The van der Waals surface area contributed by atoms with E-state index < -0.39 is 5.97 Å². The monoisotopic (exact) mass is 590 g/mol. The molecule has 44 heavy (non-hydrogen) atoms. The van der Waals surface area contributed by atoms with Gasteiger partial charge in [-0.2, -0.15) is 0 Å². The summed E-state index contributed by atoms with van der Waals surface area (Å²) in [6, 6.07) is 30.4. The summed E-state index contributed by atoms with van der Waals surface area (Å²) in [5.41, 5.74) is 5.60. The van der Waals surface area contributed by atoms with E-state index in [0.717, 1.165) is 36.1 Å². The van der Waals surface area contributed by atoms with Crippen LogP contribution in [0.2, 0.25) is 0 Å². The van der Waals surface area contributed by atoms with E-state index in [4.69, 9.17) is 4.74 Å². The van der Waals surface area contributed by atoms with Gasteiger partial charge in [-0.15, -0.1) is 0 Å². The van der Waals surface area contributed by atoms with Crippen LogP contribution in [0.15, 0.2) is 97.1 Å². The van der Waals surface area contributed by atoms with Crippen molar-refractivity contribution in [2.24, 2.45) is 0 Å². The Hall–Kier alpha value is -4.91. The Labute approximate surface area is 258 Å². The van der Waals surface area contributed by atoms with Gasteiger partial charge in [-0.05, 0) is 84.7 Å². The van der Waals surface area contributed by atoms with Gasteiger partial charge < -0.3 is 20.1 Å². The quantitative estimate of drug-likeness (QED) is 0.191. The van der Waals surface area contributed by atoms with E-state index >= 15 is 0 Å². The molecule has 0 fully saturated rings. The van der Waals surface area contributed by atoms with Crippen LogP contribution in [0.3, 0.4) is 0 Å². The lowest BCUT2D eigenvalue weighted by Crippen LogP contribution is -2.35. The fourth-order valence-corrected chi connectivity index (χ4v) is 5.90. The smallest absolute Gasteiger partial charge is 0.305 e. The number of hydrogen-bond acceptors (Lipinski definition) is 4. The normalized spacial score (nSPS) is 13.9. The van der Waals surface area contributed by atoms with Crippen LogP contribution in [-0.4, -0.2) is 47.5 Å². The number of aryl methyl sites for hydroxylation is 1. The van der Waals surface area contributed by atoms with Crippen LogP contribution in [-0.2, 0) is 17.6 Å². The van der Waals surface area contributed by atoms with Crippen molar-refractivity contribution in [1.29, 1.82) is 0 Å². The van der Waals surface area contributed by atoms with E-state index in [2.05, 4.69) is 17.4 Å². The average Bonchev–Trinajstić information content (AvgIpc) is 3.05. The summed E-state index contributed by atoms with van der Waals surface area (Å²) in [7, 11) is 0. The molecule has 0 aromatic heterocycles. The summed E-state index contributed by atoms with van der Waals surface area (Å²) >= 11 is 0. The number of carbonyl (C=O) groups is 3. The standard InChI is InChI=1S/C37H38N2O5/c1-2-44-28-14-9-11-26(25-28)21-23-39(24-22-35(40)41)37(43)33-19-8-6-17-31(33)30-16-5-7-18-32(30)36(42)38-34-20-10-13-27-12-3-4-15-29(27)34/h3-9,11-12,14-19,25,34H,2,10,13,20-24H2,1H3,(H,38,42)(H,40,41). The molecular weight excluding hydrogens is 552 g/mol. The first-order valence-electron chi connectivity index (χ1n) is 15.2. The molecule has 1 atom stereocenters. The van der Waals surface area contributed by atoms with Crippen LogP contribution in [0.5, 0.6) is 5.75 Å². The highest BCUT2D eigenvalue weighted by Crippen LogP contribution is 2.32. The number of nitrogens with zero attached hydrogens (tertiary/aromatic N) is 1. The van der Waals surface area contributed by atoms with Gasteiger partial charge in [0, 0.05) is 24.2 Å². The lowest BCUT2D eigenvalue weighted by Gasteiger charge is -2.27. The number of benzene rings is 4. The molecular formula is C37H38N2O5. The third-order valence-electron chi connectivity index (χ3n) is 8.06.